The Bertz CT molecular complexity index is 479. The van der Waals surface area contributed by atoms with Crippen LogP contribution in [-0.4, -0.2) is 28.0 Å². The van der Waals surface area contributed by atoms with Crippen LogP contribution in [0.15, 0.2) is 29.2 Å². The average Bonchev–Trinajstić information content (AvgIpc) is 2.36. The molecule has 0 heterocycles. The van der Waals surface area contributed by atoms with Gasteiger partial charge < -0.3 is 4.74 Å². The molecule has 0 aromatic heterocycles. The summed E-state index contributed by atoms with van der Waals surface area (Å²) in [4.78, 5) is 11.6. The van der Waals surface area contributed by atoms with E-state index in [1.54, 1.807) is 0 Å². The van der Waals surface area contributed by atoms with Crippen molar-refractivity contribution in [2.75, 3.05) is 13.7 Å². The Kier molecular flexibility index (Phi) is 4.65. The fourth-order valence-corrected chi connectivity index (χ4v) is 1.90. The van der Waals surface area contributed by atoms with E-state index in [1.807, 2.05) is 6.92 Å². The molecule has 0 atom stereocenters. The molecule has 0 saturated heterocycles. The van der Waals surface area contributed by atoms with Gasteiger partial charge in [-0.05, 0) is 37.7 Å². The van der Waals surface area contributed by atoms with E-state index in [0.29, 0.717) is 12.2 Å². The third-order valence-corrected chi connectivity index (χ3v) is 3.54. The number of ether oxygens (including phenoxy) is 1. The zero-order chi connectivity index (χ0) is 12.9. The van der Waals surface area contributed by atoms with Crippen molar-refractivity contribution in [2.24, 2.45) is 0 Å². The summed E-state index contributed by atoms with van der Waals surface area (Å²) in [7, 11) is -2.13. The lowest BCUT2D eigenvalue weighted by atomic mass is 10.2. The molecule has 0 aliphatic heterocycles. The van der Waals surface area contributed by atoms with Crippen LogP contribution in [0.4, 0.5) is 0 Å². The summed E-state index contributed by atoms with van der Waals surface area (Å²) in [5, 5.41) is 0. The number of hydrogen-bond donors (Lipinski definition) is 1. The Morgan fingerprint density at radius 3 is 2.35 bits per heavy atom. The third-order valence-electron chi connectivity index (χ3n) is 2.11. The minimum atomic E-state index is -3.46. The van der Waals surface area contributed by atoms with Gasteiger partial charge in [0.2, 0.25) is 10.0 Å². The first kappa shape index (κ1) is 13.7. The molecule has 0 amide bonds. The van der Waals surface area contributed by atoms with Crippen LogP contribution in [0, 0.1) is 0 Å². The van der Waals surface area contributed by atoms with Crippen molar-refractivity contribution in [3.05, 3.63) is 29.8 Å². The van der Waals surface area contributed by atoms with Crippen LogP contribution in [0.25, 0.3) is 0 Å². The molecule has 0 unspecified atom stereocenters. The van der Waals surface area contributed by atoms with Gasteiger partial charge in [-0.1, -0.05) is 6.92 Å². The number of rotatable bonds is 5. The number of esters is 1. The largest absolute Gasteiger partial charge is 0.462 e. The number of sulfonamides is 1. The van der Waals surface area contributed by atoms with Gasteiger partial charge in [0.1, 0.15) is 0 Å². The molecule has 17 heavy (non-hydrogen) atoms. The fourth-order valence-electron chi connectivity index (χ4n) is 1.17. The van der Waals surface area contributed by atoms with Gasteiger partial charge in [-0.25, -0.2) is 17.9 Å². The maximum Gasteiger partial charge on any atom is 0.338 e. The van der Waals surface area contributed by atoms with Crippen molar-refractivity contribution in [3.8, 4) is 0 Å². The molecule has 0 fully saturated rings. The lowest BCUT2D eigenvalue weighted by Gasteiger charge is -2.05. The van der Waals surface area contributed by atoms with Gasteiger partial charge in [0.15, 0.2) is 0 Å². The lowest BCUT2D eigenvalue weighted by Crippen LogP contribution is -2.18. The normalized spacial score (nSPS) is 11.2. The molecule has 1 N–H and O–H groups in total. The van der Waals surface area contributed by atoms with Gasteiger partial charge in [-0.2, -0.15) is 0 Å². The van der Waals surface area contributed by atoms with Crippen molar-refractivity contribution in [3.63, 3.8) is 0 Å². The van der Waals surface area contributed by atoms with E-state index in [4.69, 9.17) is 4.74 Å². The summed E-state index contributed by atoms with van der Waals surface area (Å²) in [6.07, 6.45) is 0.748. The molecule has 1 aromatic rings. The van der Waals surface area contributed by atoms with Gasteiger partial charge in [0, 0.05) is 0 Å². The Morgan fingerprint density at radius 2 is 1.88 bits per heavy atom. The van der Waals surface area contributed by atoms with Crippen molar-refractivity contribution < 1.29 is 17.9 Å². The summed E-state index contributed by atoms with van der Waals surface area (Å²) in [6.45, 7) is 2.26. The zero-order valence-electron chi connectivity index (χ0n) is 9.76. The summed E-state index contributed by atoms with van der Waals surface area (Å²) in [6, 6.07) is 5.60. The van der Waals surface area contributed by atoms with E-state index in [1.165, 1.54) is 31.3 Å². The fraction of sp³-hybridized carbons (Fsp3) is 0.364. The standard InChI is InChI=1S/C11H15NO4S/c1-3-8-16-11(13)9-4-6-10(7-5-9)17(14,15)12-2/h4-7,12H,3,8H2,1-2H3. The van der Waals surface area contributed by atoms with Crippen LogP contribution in [0.3, 0.4) is 0 Å². The number of carbonyl (C=O) groups excluding carboxylic acids is 1. The minimum absolute atomic E-state index is 0.118. The van der Waals surface area contributed by atoms with Gasteiger partial charge in [-0.15, -0.1) is 0 Å². The van der Waals surface area contributed by atoms with Gasteiger partial charge in [0.05, 0.1) is 17.1 Å². The van der Waals surface area contributed by atoms with Gasteiger partial charge in [0.25, 0.3) is 0 Å². The van der Waals surface area contributed by atoms with E-state index in [0.717, 1.165) is 6.42 Å². The molecule has 6 heteroatoms. The Morgan fingerprint density at radius 1 is 1.29 bits per heavy atom. The Balaban J connectivity index is 2.85. The second-order valence-electron chi connectivity index (χ2n) is 3.37. The molecule has 0 saturated carbocycles. The monoisotopic (exact) mass is 257 g/mol. The topological polar surface area (TPSA) is 72.5 Å². The number of carbonyl (C=O) groups is 1. The average molecular weight is 257 g/mol. The van der Waals surface area contributed by atoms with Crippen LogP contribution in [0.5, 0.6) is 0 Å². The molecular weight excluding hydrogens is 242 g/mol. The highest BCUT2D eigenvalue weighted by Gasteiger charge is 2.12. The van der Waals surface area contributed by atoms with E-state index in [9.17, 15) is 13.2 Å². The number of nitrogens with one attached hydrogen (secondary N) is 1. The van der Waals surface area contributed by atoms with Crippen LogP contribution >= 0.6 is 0 Å². The van der Waals surface area contributed by atoms with Crippen LogP contribution < -0.4 is 4.72 Å². The highest BCUT2D eigenvalue weighted by atomic mass is 32.2. The summed E-state index contributed by atoms with van der Waals surface area (Å²) in [5.74, 6) is -0.444. The lowest BCUT2D eigenvalue weighted by molar-refractivity contribution is 0.0505. The smallest absolute Gasteiger partial charge is 0.338 e. The summed E-state index contributed by atoms with van der Waals surface area (Å²) in [5.41, 5.74) is 0.341. The quantitative estimate of drug-likeness (QED) is 0.803. The van der Waals surface area contributed by atoms with Crippen LogP contribution in [0.2, 0.25) is 0 Å². The molecular formula is C11H15NO4S. The first-order chi connectivity index (χ1) is 8.01. The first-order valence-corrected chi connectivity index (χ1v) is 6.70. The van der Waals surface area contributed by atoms with Crippen molar-refractivity contribution in [1.29, 1.82) is 0 Å². The molecule has 94 valence electrons. The third kappa shape index (κ3) is 3.54. The van der Waals surface area contributed by atoms with Crippen LogP contribution in [0.1, 0.15) is 23.7 Å². The molecule has 5 nitrogen and oxygen atoms in total. The maximum absolute atomic E-state index is 11.4. The molecule has 1 rings (SSSR count). The maximum atomic E-state index is 11.4. The molecule has 0 aliphatic carbocycles. The molecule has 1 aromatic carbocycles. The molecule has 0 aliphatic rings. The Labute approximate surface area is 101 Å². The second kappa shape index (κ2) is 5.79. The Hall–Kier alpha value is -1.40. The van der Waals surface area contributed by atoms with E-state index >= 15 is 0 Å². The van der Waals surface area contributed by atoms with E-state index in [2.05, 4.69) is 4.72 Å². The predicted molar refractivity (Wildman–Crippen MR) is 63.3 cm³/mol. The van der Waals surface area contributed by atoms with E-state index in [-0.39, 0.29) is 4.90 Å². The number of hydrogen-bond acceptors (Lipinski definition) is 4. The van der Waals surface area contributed by atoms with Crippen molar-refractivity contribution >= 4 is 16.0 Å². The van der Waals surface area contributed by atoms with E-state index < -0.39 is 16.0 Å². The van der Waals surface area contributed by atoms with Gasteiger partial charge in [-0.3, -0.25) is 0 Å². The summed E-state index contributed by atoms with van der Waals surface area (Å²) >= 11 is 0. The SMILES string of the molecule is CCCOC(=O)c1ccc(S(=O)(=O)NC)cc1. The highest BCUT2D eigenvalue weighted by Crippen LogP contribution is 2.11. The highest BCUT2D eigenvalue weighted by molar-refractivity contribution is 7.89. The first-order valence-electron chi connectivity index (χ1n) is 5.22. The van der Waals surface area contributed by atoms with Gasteiger partial charge >= 0.3 is 5.97 Å². The van der Waals surface area contributed by atoms with Crippen molar-refractivity contribution in [1.82, 2.24) is 4.72 Å². The van der Waals surface area contributed by atoms with Crippen molar-refractivity contribution in [2.45, 2.75) is 18.2 Å². The van der Waals surface area contributed by atoms with Crippen LogP contribution in [-0.2, 0) is 14.8 Å². The minimum Gasteiger partial charge on any atom is -0.462 e. The molecule has 0 bridgehead atoms. The summed E-state index contributed by atoms with van der Waals surface area (Å²) < 4.78 is 30.0. The number of benzene rings is 1. The molecule has 0 radical (unpaired) electrons. The second-order valence-corrected chi connectivity index (χ2v) is 5.25. The molecule has 0 spiro atoms. The predicted octanol–water partition coefficient (Wildman–Crippen LogP) is 1.16. The zero-order valence-corrected chi connectivity index (χ0v) is 10.6.